The highest BCUT2D eigenvalue weighted by molar-refractivity contribution is 6.07. The van der Waals surface area contributed by atoms with E-state index < -0.39 is 0 Å². The number of hydrogen-bond acceptors (Lipinski definition) is 5. The van der Waals surface area contributed by atoms with Crippen molar-refractivity contribution in [1.29, 1.82) is 0 Å². The highest BCUT2D eigenvalue weighted by Gasteiger charge is 2.33. The molecule has 29 heavy (non-hydrogen) atoms. The quantitative estimate of drug-likeness (QED) is 0.602. The van der Waals surface area contributed by atoms with Crippen molar-refractivity contribution in [3.8, 4) is 0 Å². The number of rotatable bonds is 9. The van der Waals surface area contributed by atoms with Crippen LogP contribution in [0.2, 0.25) is 0 Å². The first-order valence-corrected chi connectivity index (χ1v) is 11.8. The largest absolute Gasteiger partial charge is 0.356 e. The Morgan fingerprint density at radius 1 is 1.17 bits per heavy atom. The molecule has 6 heteroatoms. The normalized spacial score (nSPS) is 26.4. The first kappa shape index (κ1) is 20.9. The molecule has 6 nitrogen and oxygen atoms in total. The zero-order valence-electron chi connectivity index (χ0n) is 18.3. The summed E-state index contributed by atoms with van der Waals surface area (Å²) in [6, 6.07) is 0. The van der Waals surface area contributed by atoms with Crippen molar-refractivity contribution in [2.75, 3.05) is 39.3 Å². The van der Waals surface area contributed by atoms with Crippen LogP contribution in [0.25, 0.3) is 0 Å². The lowest BCUT2D eigenvalue weighted by Crippen LogP contribution is -2.52. The van der Waals surface area contributed by atoms with Gasteiger partial charge in [0, 0.05) is 26.1 Å². The van der Waals surface area contributed by atoms with E-state index in [-0.39, 0.29) is 12.1 Å². The van der Waals surface area contributed by atoms with E-state index in [0.717, 1.165) is 62.2 Å². The van der Waals surface area contributed by atoms with Gasteiger partial charge in [-0.2, -0.15) is 0 Å². The van der Waals surface area contributed by atoms with Gasteiger partial charge in [-0.05, 0) is 75.9 Å². The van der Waals surface area contributed by atoms with Gasteiger partial charge in [-0.3, -0.25) is 4.79 Å². The molecule has 0 aromatic carbocycles. The number of carbonyl (C=O) groups excluding carboxylic acids is 1. The number of likely N-dealkylation sites (tertiary alicyclic amines) is 1. The highest BCUT2D eigenvalue weighted by atomic mass is 16.5. The molecule has 0 radical (unpaired) electrons. The molecule has 0 bridgehead atoms. The average Bonchev–Trinajstić information content (AvgIpc) is 3.52. The van der Waals surface area contributed by atoms with E-state index in [2.05, 4.69) is 29.0 Å². The molecular weight excluding hydrogens is 364 g/mol. The molecule has 1 atom stereocenters. The monoisotopic (exact) mass is 402 g/mol. The molecule has 3 aliphatic heterocycles. The summed E-state index contributed by atoms with van der Waals surface area (Å²) in [5.74, 6) is 2.79. The second-order valence-electron chi connectivity index (χ2n) is 9.44. The number of aliphatic imine (C=N–C) groups is 1. The molecule has 1 N–H and O–H groups in total. The van der Waals surface area contributed by atoms with Crippen LogP contribution in [0.5, 0.6) is 0 Å². The van der Waals surface area contributed by atoms with Gasteiger partial charge in [0.25, 0.3) is 0 Å². The molecule has 2 saturated heterocycles. The molecule has 0 aromatic rings. The van der Waals surface area contributed by atoms with Gasteiger partial charge >= 0.3 is 0 Å². The number of piperazine rings is 1. The average molecular weight is 403 g/mol. The Hall–Kier alpha value is -1.40. The second-order valence-corrected chi connectivity index (χ2v) is 9.44. The third kappa shape index (κ3) is 5.60. The molecule has 162 valence electrons. The van der Waals surface area contributed by atoms with Crippen LogP contribution in [-0.2, 0) is 9.53 Å². The minimum absolute atomic E-state index is 0.0860. The van der Waals surface area contributed by atoms with Crippen LogP contribution in [0.4, 0.5) is 0 Å². The topological polar surface area (TPSA) is 57.2 Å². The van der Waals surface area contributed by atoms with Crippen LogP contribution < -0.4 is 5.32 Å². The molecule has 1 unspecified atom stereocenters. The third-order valence-electron chi connectivity index (χ3n) is 6.83. The van der Waals surface area contributed by atoms with Crippen molar-refractivity contribution in [1.82, 2.24) is 15.1 Å². The van der Waals surface area contributed by atoms with Crippen molar-refractivity contribution in [3.05, 3.63) is 11.3 Å². The Labute approximate surface area is 175 Å². The summed E-state index contributed by atoms with van der Waals surface area (Å²) in [6.45, 7) is 10.2. The van der Waals surface area contributed by atoms with Gasteiger partial charge < -0.3 is 19.9 Å². The first-order chi connectivity index (χ1) is 14.1. The summed E-state index contributed by atoms with van der Waals surface area (Å²) in [7, 11) is 0. The fourth-order valence-electron chi connectivity index (χ4n) is 4.74. The van der Waals surface area contributed by atoms with Gasteiger partial charge in [0.05, 0.1) is 12.2 Å². The Balaban J connectivity index is 1.32. The van der Waals surface area contributed by atoms with Gasteiger partial charge in [0.1, 0.15) is 0 Å². The minimum atomic E-state index is -0.108. The lowest BCUT2D eigenvalue weighted by molar-refractivity contribution is -0.121. The molecular formula is C23H38N4O2. The first-order valence-electron chi connectivity index (χ1n) is 11.8. The molecule has 1 aliphatic carbocycles. The summed E-state index contributed by atoms with van der Waals surface area (Å²) in [5.41, 5.74) is 2.11. The van der Waals surface area contributed by atoms with Crippen LogP contribution in [0.3, 0.4) is 0 Å². The van der Waals surface area contributed by atoms with Gasteiger partial charge in [0.2, 0.25) is 5.91 Å². The molecule has 3 fully saturated rings. The van der Waals surface area contributed by atoms with E-state index in [1.807, 2.05) is 0 Å². The fourth-order valence-corrected chi connectivity index (χ4v) is 4.74. The lowest BCUT2D eigenvalue weighted by Gasteiger charge is -2.38. The number of amidine groups is 1. The van der Waals surface area contributed by atoms with Crippen LogP contribution in [0, 0.1) is 11.8 Å². The van der Waals surface area contributed by atoms with Crippen molar-refractivity contribution in [3.63, 3.8) is 0 Å². The highest BCUT2D eigenvalue weighted by Crippen LogP contribution is 2.32. The maximum absolute atomic E-state index is 12.3. The second kappa shape index (κ2) is 9.61. The summed E-state index contributed by atoms with van der Waals surface area (Å²) in [5, 5.41) is 3.06. The molecule has 1 saturated carbocycles. The standard InChI is InChI=1S/C23H38N4O2/c1-3-4-13-29-21-14-17(2)22-23(25-21)27(16-20(28)24-22)12-9-18-7-10-26(11-8-18)15-19-5-6-19/h18-19,21H,3-16H2,1-2H3,(H,24,28). The summed E-state index contributed by atoms with van der Waals surface area (Å²) >= 11 is 0. The van der Waals surface area contributed by atoms with Crippen LogP contribution in [0.15, 0.2) is 16.3 Å². The van der Waals surface area contributed by atoms with E-state index in [9.17, 15) is 4.79 Å². The Morgan fingerprint density at radius 2 is 1.97 bits per heavy atom. The van der Waals surface area contributed by atoms with Gasteiger partial charge in [-0.25, -0.2) is 4.99 Å². The zero-order valence-corrected chi connectivity index (χ0v) is 18.3. The number of amides is 1. The number of dihydropyridines is 1. The smallest absolute Gasteiger partial charge is 0.244 e. The SMILES string of the molecule is CCCCOC1CC(C)=C2NC(=O)CN(CCC3CCN(CC4CC4)CC3)C2=N1. The third-order valence-corrected chi connectivity index (χ3v) is 6.83. The van der Waals surface area contributed by atoms with Crippen molar-refractivity contribution in [2.45, 2.75) is 71.4 Å². The Morgan fingerprint density at radius 3 is 2.69 bits per heavy atom. The molecule has 1 amide bonds. The van der Waals surface area contributed by atoms with E-state index in [0.29, 0.717) is 6.54 Å². The number of carbonyl (C=O) groups is 1. The van der Waals surface area contributed by atoms with Crippen molar-refractivity contribution < 1.29 is 9.53 Å². The molecule has 0 spiro atoms. The number of unbranched alkanes of at least 4 members (excludes halogenated alkanes) is 1. The molecule has 4 rings (SSSR count). The summed E-state index contributed by atoms with van der Waals surface area (Å²) < 4.78 is 5.99. The number of ether oxygens (including phenoxy) is 1. The van der Waals surface area contributed by atoms with Crippen molar-refractivity contribution in [2.24, 2.45) is 16.8 Å². The number of piperidine rings is 1. The number of hydrogen-bond donors (Lipinski definition) is 1. The summed E-state index contributed by atoms with van der Waals surface area (Å²) in [6.07, 6.45) is 9.49. The number of fused-ring (bicyclic) bond motifs is 1. The zero-order chi connectivity index (χ0) is 20.2. The lowest BCUT2D eigenvalue weighted by atomic mass is 9.93. The number of nitrogens with one attached hydrogen (secondary N) is 1. The molecule has 4 aliphatic rings. The van der Waals surface area contributed by atoms with Crippen molar-refractivity contribution >= 4 is 11.7 Å². The van der Waals surface area contributed by atoms with Crippen LogP contribution in [-0.4, -0.2) is 67.1 Å². The van der Waals surface area contributed by atoms with E-state index in [1.165, 1.54) is 50.9 Å². The minimum Gasteiger partial charge on any atom is -0.356 e. The summed E-state index contributed by atoms with van der Waals surface area (Å²) in [4.78, 5) is 22.0. The van der Waals surface area contributed by atoms with E-state index >= 15 is 0 Å². The van der Waals surface area contributed by atoms with Crippen LogP contribution in [0.1, 0.15) is 65.2 Å². The van der Waals surface area contributed by atoms with Gasteiger partial charge in [-0.1, -0.05) is 13.3 Å². The van der Waals surface area contributed by atoms with E-state index in [4.69, 9.17) is 9.73 Å². The fraction of sp³-hybridized carbons (Fsp3) is 0.826. The maximum Gasteiger partial charge on any atom is 0.244 e. The molecule has 3 heterocycles. The molecule has 0 aromatic heterocycles. The Bertz CT molecular complexity index is 647. The van der Waals surface area contributed by atoms with Gasteiger partial charge in [0.15, 0.2) is 12.1 Å². The Kier molecular flexibility index (Phi) is 6.91. The van der Waals surface area contributed by atoms with Crippen LogP contribution >= 0.6 is 0 Å². The predicted molar refractivity (Wildman–Crippen MR) is 116 cm³/mol. The number of nitrogens with zero attached hydrogens (tertiary/aromatic N) is 3. The van der Waals surface area contributed by atoms with E-state index in [1.54, 1.807) is 0 Å². The predicted octanol–water partition coefficient (Wildman–Crippen LogP) is 3.15. The van der Waals surface area contributed by atoms with Gasteiger partial charge in [-0.15, -0.1) is 0 Å². The maximum atomic E-state index is 12.3.